The van der Waals surface area contributed by atoms with E-state index in [1.165, 1.54) is 6.07 Å². The first-order chi connectivity index (χ1) is 8.46. The van der Waals surface area contributed by atoms with Crippen LogP contribution in [-0.4, -0.2) is 43.4 Å². The fourth-order valence-electron chi connectivity index (χ4n) is 1.32. The van der Waals surface area contributed by atoms with Gasteiger partial charge < -0.3 is 10.4 Å². The average Bonchev–Trinajstić information content (AvgIpc) is 2.29. The Hall–Kier alpha value is -1.27. The molecule has 0 spiro atoms. The van der Waals surface area contributed by atoms with Gasteiger partial charge in [0.15, 0.2) is 9.84 Å². The first-order valence-electron chi connectivity index (χ1n) is 5.20. The van der Waals surface area contributed by atoms with E-state index in [1.54, 1.807) is 12.1 Å². The lowest BCUT2D eigenvalue weighted by Crippen LogP contribution is -2.20. The highest BCUT2D eigenvalue weighted by atomic mass is 35.5. The SMILES string of the molecule is O=C(O)c1[c]cccc1NCCS(=O)(=O)CCCl. The van der Waals surface area contributed by atoms with Gasteiger partial charge in [0.2, 0.25) is 0 Å². The van der Waals surface area contributed by atoms with Gasteiger partial charge in [0, 0.05) is 18.1 Å². The standard InChI is InChI=1S/C11H13ClNO4S/c12-5-7-18(16,17)8-6-13-10-4-2-1-3-9(10)11(14)15/h1-2,4,13H,5-8H2,(H,14,15). The van der Waals surface area contributed by atoms with Crippen LogP contribution in [0.5, 0.6) is 0 Å². The van der Waals surface area contributed by atoms with E-state index in [9.17, 15) is 13.2 Å². The van der Waals surface area contributed by atoms with Gasteiger partial charge in [-0.25, -0.2) is 13.2 Å². The normalized spacial score (nSPS) is 11.2. The molecule has 1 aromatic rings. The molecule has 0 aliphatic carbocycles. The van der Waals surface area contributed by atoms with Crippen LogP contribution in [0.15, 0.2) is 18.2 Å². The van der Waals surface area contributed by atoms with Crippen molar-refractivity contribution in [3.8, 4) is 0 Å². The van der Waals surface area contributed by atoms with E-state index in [4.69, 9.17) is 16.7 Å². The molecule has 0 saturated heterocycles. The molecule has 1 rings (SSSR count). The Morgan fingerprint density at radius 2 is 2.17 bits per heavy atom. The summed E-state index contributed by atoms with van der Waals surface area (Å²) in [5.74, 6) is -1.22. The van der Waals surface area contributed by atoms with E-state index in [0.717, 1.165) is 0 Å². The second kappa shape index (κ2) is 6.61. The van der Waals surface area contributed by atoms with Crippen molar-refractivity contribution in [2.75, 3.05) is 29.2 Å². The number of aromatic carboxylic acids is 1. The van der Waals surface area contributed by atoms with Crippen molar-refractivity contribution in [2.45, 2.75) is 0 Å². The van der Waals surface area contributed by atoms with Crippen LogP contribution in [0.4, 0.5) is 5.69 Å². The summed E-state index contributed by atoms with van der Waals surface area (Å²) in [6, 6.07) is 7.25. The van der Waals surface area contributed by atoms with Gasteiger partial charge in [-0.05, 0) is 12.1 Å². The predicted molar refractivity (Wildman–Crippen MR) is 70.1 cm³/mol. The molecule has 1 aromatic carbocycles. The number of alkyl halides is 1. The number of halogens is 1. The zero-order chi connectivity index (χ0) is 13.6. The van der Waals surface area contributed by atoms with Gasteiger partial charge in [-0.2, -0.15) is 0 Å². The monoisotopic (exact) mass is 290 g/mol. The molecule has 0 fully saturated rings. The number of hydrogen-bond acceptors (Lipinski definition) is 4. The molecule has 0 saturated carbocycles. The number of nitrogens with one attached hydrogen (secondary N) is 1. The number of anilines is 1. The highest BCUT2D eigenvalue weighted by Gasteiger charge is 2.12. The van der Waals surface area contributed by atoms with Crippen LogP contribution in [0.2, 0.25) is 0 Å². The zero-order valence-electron chi connectivity index (χ0n) is 9.52. The van der Waals surface area contributed by atoms with Crippen molar-refractivity contribution in [3.05, 3.63) is 29.8 Å². The number of sulfone groups is 1. The summed E-state index contributed by atoms with van der Waals surface area (Å²) in [7, 11) is -3.19. The van der Waals surface area contributed by atoms with Crippen LogP contribution in [0, 0.1) is 6.07 Å². The van der Waals surface area contributed by atoms with Crippen molar-refractivity contribution in [2.24, 2.45) is 0 Å². The molecule has 0 aliphatic heterocycles. The molecule has 0 aliphatic rings. The van der Waals surface area contributed by atoms with Gasteiger partial charge in [0.1, 0.15) is 0 Å². The number of hydrogen-bond donors (Lipinski definition) is 2. The van der Waals surface area contributed by atoms with Crippen molar-refractivity contribution < 1.29 is 18.3 Å². The molecular formula is C11H13ClNO4S. The van der Waals surface area contributed by atoms with Crippen LogP contribution in [0.3, 0.4) is 0 Å². The maximum Gasteiger partial charge on any atom is 0.338 e. The Kier molecular flexibility index (Phi) is 5.43. The molecule has 2 N–H and O–H groups in total. The summed E-state index contributed by atoms with van der Waals surface area (Å²) in [6.07, 6.45) is 0. The third kappa shape index (κ3) is 4.54. The fraction of sp³-hybridized carbons (Fsp3) is 0.364. The van der Waals surface area contributed by atoms with Gasteiger partial charge in [-0.3, -0.25) is 0 Å². The molecule has 1 radical (unpaired) electrons. The topological polar surface area (TPSA) is 83.5 Å². The maximum absolute atomic E-state index is 11.4. The van der Waals surface area contributed by atoms with Crippen LogP contribution < -0.4 is 5.32 Å². The molecule has 18 heavy (non-hydrogen) atoms. The van der Waals surface area contributed by atoms with Crippen molar-refractivity contribution in [3.63, 3.8) is 0 Å². The summed E-state index contributed by atoms with van der Waals surface area (Å²) in [4.78, 5) is 10.9. The summed E-state index contributed by atoms with van der Waals surface area (Å²) in [5, 5.41) is 11.7. The van der Waals surface area contributed by atoms with E-state index in [1.807, 2.05) is 0 Å². The molecule has 99 valence electrons. The Balaban J connectivity index is 2.62. The highest BCUT2D eigenvalue weighted by molar-refractivity contribution is 7.91. The predicted octanol–water partition coefficient (Wildman–Crippen LogP) is 1.25. The average molecular weight is 291 g/mol. The van der Waals surface area contributed by atoms with Crippen LogP contribution in [-0.2, 0) is 9.84 Å². The third-order valence-corrected chi connectivity index (χ3v) is 4.25. The van der Waals surface area contributed by atoms with Crippen molar-refractivity contribution >= 4 is 33.1 Å². The smallest absolute Gasteiger partial charge is 0.338 e. The van der Waals surface area contributed by atoms with E-state index in [-0.39, 0.29) is 29.5 Å². The van der Waals surface area contributed by atoms with Crippen LogP contribution >= 0.6 is 11.6 Å². The summed E-state index contributed by atoms with van der Waals surface area (Å²) >= 11 is 5.37. The molecule has 0 atom stereocenters. The lowest BCUT2D eigenvalue weighted by molar-refractivity contribution is 0.0697. The number of carboxylic acid groups (broad SMARTS) is 1. The molecule has 0 unspecified atom stereocenters. The number of benzene rings is 1. The van der Waals surface area contributed by atoms with Gasteiger partial charge in [0.25, 0.3) is 0 Å². The minimum atomic E-state index is -3.19. The maximum atomic E-state index is 11.4. The Morgan fingerprint density at radius 1 is 1.44 bits per heavy atom. The summed E-state index contributed by atoms with van der Waals surface area (Å²) < 4.78 is 22.8. The molecule has 0 bridgehead atoms. The summed E-state index contributed by atoms with van der Waals surface area (Å²) in [6.45, 7) is 0.136. The number of rotatable bonds is 7. The quantitative estimate of drug-likeness (QED) is 0.739. The second-order valence-corrected chi connectivity index (χ2v) is 6.21. The number of carbonyl (C=O) groups is 1. The van der Waals surface area contributed by atoms with Crippen LogP contribution in [0.25, 0.3) is 0 Å². The lowest BCUT2D eigenvalue weighted by Gasteiger charge is -2.09. The van der Waals surface area contributed by atoms with E-state index in [0.29, 0.717) is 5.69 Å². The van der Waals surface area contributed by atoms with Gasteiger partial charge in [-0.15, -0.1) is 11.6 Å². The molecule has 0 aromatic heterocycles. The molecular weight excluding hydrogens is 278 g/mol. The summed E-state index contributed by atoms with van der Waals surface area (Å²) in [5.41, 5.74) is 0.346. The third-order valence-electron chi connectivity index (χ3n) is 2.19. The van der Waals surface area contributed by atoms with Crippen LogP contribution in [0.1, 0.15) is 10.4 Å². The Morgan fingerprint density at radius 3 is 2.78 bits per heavy atom. The zero-order valence-corrected chi connectivity index (χ0v) is 11.1. The Labute approximate surface area is 111 Å². The fourth-order valence-corrected chi connectivity index (χ4v) is 2.88. The molecule has 5 nitrogen and oxygen atoms in total. The molecule has 7 heteroatoms. The number of carboxylic acids is 1. The highest BCUT2D eigenvalue weighted by Crippen LogP contribution is 2.13. The van der Waals surface area contributed by atoms with E-state index in [2.05, 4.69) is 11.4 Å². The van der Waals surface area contributed by atoms with Gasteiger partial charge >= 0.3 is 5.97 Å². The minimum Gasteiger partial charge on any atom is -0.478 e. The molecule has 0 amide bonds. The van der Waals surface area contributed by atoms with E-state index < -0.39 is 15.8 Å². The molecule has 0 heterocycles. The lowest BCUT2D eigenvalue weighted by atomic mass is 10.2. The van der Waals surface area contributed by atoms with Gasteiger partial charge in [0.05, 0.1) is 17.1 Å². The van der Waals surface area contributed by atoms with Crippen molar-refractivity contribution in [1.29, 1.82) is 0 Å². The van der Waals surface area contributed by atoms with Crippen molar-refractivity contribution in [1.82, 2.24) is 0 Å². The van der Waals surface area contributed by atoms with E-state index >= 15 is 0 Å². The Bertz CT molecular complexity index is 516. The first kappa shape index (κ1) is 14.8. The largest absolute Gasteiger partial charge is 0.478 e. The first-order valence-corrected chi connectivity index (χ1v) is 7.56. The minimum absolute atomic E-state index is 0.00718. The van der Waals surface area contributed by atoms with Gasteiger partial charge in [-0.1, -0.05) is 12.1 Å². The second-order valence-electron chi connectivity index (χ2n) is 3.53.